The normalized spacial score (nSPS) is 10.6. The van der Waals surface area contributed by atoms with E-state index in [2.05, 4.69) is 5.32 Å². The van der Waals surface area contributed by atoms with Gasteiger partial charge in [-0.3, -0.25) is 9.59 Å². The Morgan fingerprint density at radius 3 is 2.48 bits per heavy atom. The Kier molecular flexibility index (Phi) is 6.51. The smallest absolute Gasteiger partial charge is 0.291 e. The highest BCUT2D eigenvalue weighted by Gasteiger charge is 2.18. The van der Waals surface area contributed by atoms with Crippen molar-refractivity contribution in [3.63, 3.8) is 0 Å². The van der Waals surface area contributed by atoms with Gasteiger partial charge in [-0.05, 0) is 42.5 Å². The summed E-state index contributed by atoms with van der Waals surface area (Å²) >= 11 is 6.07. The molecule has 33 heavy (non-hydrogen) atoms. The maximum atomic E-state index is 13.7. The van der Waals surface area contributed by atoms with E-state index >= 15 is 0 Å². The second kappa shape index (κ2) is 9.67. The Hall–Kier alpha value is -3.97. The SMILES string of the molecule is O=C(Nc1ccc(Cl)cc1C(=O)c1ccccc1)c1ccc(COc2ccc(F)cc2F)o1. The van der Waals surface area contributed by atoms with Crippen molar-refractivity contribution in [1.82, 2.24) is 0 Å². The molecule has 0 unspecified atom stereocenters. The average Bonchev–Trinajstić information content (AvgIpc) is 3.29. The van der Waals surface area contributed by atoms with Crippen molar-refractivity contribution >= 4 is 29.0 Å². The number of halogens is 3. The number of hydrogen-bond acceptors (Lipinski definition) is 4. The second-order valence-electron chi connectivity index (χ2n) is 6.97. The molecule has 0 atom stereocenters. The number of ether oxygens (including phenoxy) is 1. The molecule has 1 amide bonds. The maximum Gasteiger partial charge on any atom is 0.291 e. The van der Waals surface area contributed by atoms with Crippen molar-refractivity contribution in [2.75, 3.05) is 5.32 Å². The standard InChI is InChI=1S/C25H16ClF2NO4/c26-16-6-9-21(19(12-16)24(30)15-4-2-1-3-5-15)29-25(31)23-11-8-18(33-23)14-32-22-10-7-17(27)13-20(22)28/h1-13H,14H2,(H,29,31). The molecule has 3 aromatic carbocycles. The fraction of sp³-hybridized carbons (Fsp3) is 0.0400. The lowest BCUT2D eigenvalue weighted by Crippen LogP contribution is -2.14. The topological polar surface area (TPSA) is 68.5 Å². The molecular weight excluding hydrogens is 452 g/mol. The summed E-state index contributed by atoms with van der Waals surface area (Å²) in [6, 6.07) is 19.0. The third kappa shape index (κ3) is 5.27. The van der Waals surface area contributed by atoms with E-state index in [1.807, 2.05) is 0 Å². The Morgan fingerprint density at radius 1 is 0.939 bits per heavy atom. The van der Waals surface area contributed by atoms with Crippen LogP contribution in [0.15, 0.2) is 83.3 Å². The molecule has 1 N–H and O–H groups in total. The second-order valence-corrected chi connectivity index (χ2v) is 7.40. The molecule has 4 rings (SSSR count). The summed E-state index contributed by atoms with van der Waals surface area (Å²) < 4.78 is 37.4. The number of hydrogen-bond donors (Lipinski definition) is 1. The van der Waals surface area contributed by atoms with Crippen LogP contribution in [0, 0.1) is 11.6 Å². The Morgan fingerprint density at radius 2 is 1.73 bits per heavy atom. The van der Waals surface area contributed by atoms with Crippen molar-refractivity contribution in [2.24, 2.45) is 0 Å². The fourth-order valence-corrected chi connectivity index (χ4v) is 3.23. The molecule has 0 fully saturated rings. The molecule has 4 aromatic rings. The molecular formula is C25H16ClF2NO4. The molecule has 0 aliphatic carbocycles. The fourth-order valence-electron chi connectivity index (χ4n) is 3.06. The van der Waals surface area contributed by atoms with Crippen molar-refractivity contribution in [1.29, 1.82) is 0 Å². The molecule has 0 spiro atoms. The van der Waals surface area contributed by atoms with E-state index in [4.69, 9.17) is 20.8 Å². The van der Waals surface area contributed by atoms with Crippen LogP contribution in [-0.2, 0) is 6.61 Å². The summed E-state index contributed by atoms with van der Waals surface area (Å²) in [5.74, 6) is -2.41. The number of rotatable bonds is 7. The van der Waals surface area contributed by atoms with Crippen molar-refractivity contribution in [2.45, 2.75) is 6.61 Å². The molecule has 0 aliphatic rings. The van der Waals surface area contributed by atoms with Gasteiger partial charge in [-0.25, -0.2) is 8.78 Å². The third-order valence-electron chi connectivity index (χ3n) is 4.66. The Bertz CT molecular complexity index is 1320. The quantitative estimate of drug-likeness (QED) is 0.325. The predicted molar refractivity (Wildman–Crippen MR) is 119 cm³/mol. The number of carbonyl (C=O) groups is 2. The highest BCUT2D eigenvalue weighted by Crippen LogP contribution is 2.25. The molecule has 0 bridgehead atoms. The van der Waals surface area contributed by atoms with Crippen LogP contribution < -0.4 is 10.1 Å². The first-order valence-corrected chi connectivity index (χ1v) is 10.2. The summed E-state index contributed by atoms with van der Waals surface area (Å²) in [5, 5.41) is 3.00. The van der Waals surface area contributed by atoms with Gasteiger partial charge in [0, 0.05) is 22.2 Å². The van der Waals surface area contributed by atoms with Crippen LogP contribution >= 0.6 is 11.6 Å². The van der Waals surface area contributed by atoms with Crippen LogP contribution in [0.4, 0.5) is 14.5 Å². The molecule has 1 aromatic heterocycles. The van der Waals surface area contributed by atoms with Gasteiger partial charge in [0.2, 0.25) is 0 Å². The molecule has 166 valence electrons. The van der Waals surface area contributed by atoms with E-state index in [1.165, 1.54) is 24.3 Å². The van der Waals surface area contributed by atoms with Crippen LogP contribution in [-0.4, -0.2) is 11.7 Å². The van der Waals surface area contributed by atoms with Gasteiger partial charge < -0.3 is 14.5 Å². The monoisotopic (exact) mass is 467 g/mol. The van der Waals surface area contributed by atoms with Gasteiger partial charge >= 0.3 is 0 Å². The first kappa shape index (κ1) is 22.2. The molecule has 5 nitrogen and oxygen atoms in total. The van der Waals surface area contributed by atoms with Crippen molar-refractivity contribution in [3.8, 4) is 5.75 Å². The molecule has 1 heterocycles. The molecule has 0 saturated heterocycles. The molecule has 8 heteroatoms. The van der Waals surface area contributed by atoms with Gasteiger partial charge in [-0.2, -0.15) is 0 Å². The van der Waals surface area contributed by atoms with E-state index in [-0.39, 0.29) is 40.9 Å². The minimum atomic E-state index is -0.849. The van der Waals surface area contributed by atoms with Gasteiger partial charge in [-0.1, -0.05) is 41.9 Å². The van der Waals surface area contributed by atoms with Gasteiger partial charge in [0.05, 0.1) is 5.69 Å². The van der Waals surface area contributed by atoms with Crippen LogP contribution in [0.1, 0.15) is 32.2 Å². The zero-order valence-electron chi connectivity index (χ0n) is 17.0. The van der Waals surface area contributed by atoms with Crippen molar-refractivity contribution in [3.05, 3.63) is 118 Å². The number of anilines is 1. The summed E-state index contributed by atoms with van der Waals surface area (Å²) in [4.78, 5) is 25.6. The first-order valence-electron chi connectivity index (χ1n) is 9.78. The van der Waals surface area contributed by atoms with E-state index in [1.54, 1.807) is 36.4 Å². The van der Waals surface area contributed by atoms with Crippen LogP contribution in [0.3, 0.4) is 0 Å². The minimum absolute atomic E-state index is 0.0405. The summed E-state index contributed by atoms with van der Waals surface area (Å²) in [7, 11) is 0. The van der Waals surface area contributed by atoms with E-state index in [9.17, 15) is 18.4 Å². The van der Waals surface area contributed by atoms with Crippen molar-refractivity contribution < 1.29 is 27.5 Å². The average molecular weight is 468 g/mol. The predicted octanol–water partition coefficient (Wildman–Crippen LogP) is 6.27. The molecule has 0 aliphatic heterocycles. The van der Waals surface area contributed by atoms with Crippen LogP contribution in [0.2, 0.25) is 5.02 Å². The number of ketones is 1. The number of carbonyl (C=O) groups excluding carboxylic acids is 2. The van der Waals surface area contributed by atoms with Crippen LogP contribution in [0.25, 0.3) is 0 Å². The molecule has 0 saturated carbocycles. The lowest BCUT2D eigenvalue weighted by atomic mass is 10.0. The third-order valence-corrected chi connectivity index (χ3v) is 4.89. The zero-order valence-corrected chi connectivity index (χ0v) is 17.7. The summed E-state index contributed by atoms with van der Waals surface area (Å²) in [6.45, 7) is -0.172. The Labute approximate surface area is 192 Å². The van der Waals surface area contributed by atoms with Gasteiger partial charge in [0.1, 0.15) is 18.2 Å². The number of nitrogens with one attached hydrogen (secondary N) is 1. The largest absolute Gasteiger partial charge is 0.483 e. The minimum Gasteiger partial charge on any atom is -0.483 e. The lowest BCUT2D eigenvalue weighted by molar-refractivity contribution is 0.0992. The first-order chi connectivity index (χ1) is 15.9. The zero-order chi connectivity index (χ0) is 23.4. The summed E-state index contributed by atoms with van der Waals surface area (Å²) in [6.07, 6.45) is 0. The number of amides is 1. The maximum absolute atomic E-state index is 13.7. The van der Waals surface area contributed by atoms with E-state index in [0.717, 1.165) is 12.1 Å². The van der Waals surface area contributed by atoms with Gasteiger partial charge in [0.25, 0.3) is 5.91 Å². The Balaban J connectivity index is 1.48. The highest BCUT2D eigenvalue weighted by molar-refractivity contribution is 6.31. The number of benzene rings is 3. The van der Waals surface area contributed by atoms with Gasteiger partial charge in [-0.15, -0.1) is 0 Å². The lowest BCUT2D eigenvalue weighted by Gasteiger charge is -2.10. The molecule has 0 radical (unpaired) electrons. The number of furan rings is 1. The van der Waals surface area contributed by atoms with E-state index in [0.29, 0.717) is 16.7 Å². The highest BCUT2D eigenvalue weighted by atomic mass is 35.5. The van der Waals surface area contributed by atoms with Crippen LogP contribution in [0.5, 0.6) is 5.75 Å². The summed E-state index contributed by atoms with van der Waals surface area (Å²) in [5.41, 5.74) is 0.936. The van der Waals surface area contributed by atoms with Gasteiger partial charge in [0.15, 0.2) is 23.1 Å². The van der Waals surface area contributed by atoms with E-state index < -0.39 is 17.5 Å².